The van der Waals surface area contributed by atoms with E-state index in [1.165, 1.54) is 12.4 Å². The molecular formula is C12H11Cl2FN4. The first-order valence-electron chi connectivity index (χ1n) is 5.48. The zero-order chi connectivity index (χ0) is 13.8. The summed E-state index contributed by atoms with van der Waals surface area (Å²) in [5.41, 5.74) is 1.06. The highest BCUT2D eigenvalue weighted by Crippen LogP contribution is 2.26. The van der Waals surface area contributed by atoms with Gasteiger partial charge in [-0.15, -0.1) is 0 Å². The molecule has 0 saturated heterocycles. The van der Waals surface area contributed by atoms with Gasteiger partial charge in [0, 0.05) is 24.2 Å². The van der Waals surface area contributed by atoms with Gasteiger partial charge in [-0.1, -0.05) is 29.3 Å². The van der Waals surface area contributed by atoms with E-state index >= 15 is 0 Å². The van der Waals surface area contributed by atoms with E-state index in [2.05, 4.69) is 20.6 Å². The maximum atomic E-state index is 13.6. The van der Waals surface area contributed by atoms with E-state index in [9.17, 15) is 4.39 Å². The molecule has 0 bridgehead atoms. The first-order chi connectivity index (χ1) is 9.11. The summed E-state index contributed by atoms with van der Waals surface area (Å²) in [5.74, 6) is 0.142. The Balaban J connectivity index is 2.17. The molecule has 2 N–H and O–H groups in total. The van der Waals surface area contributed by atoms with Crippen molar-refractivity contribution in [3.05, 3.63) is 46.1 Å². The number of benzene rings is 1. The Hall–Kier alpha value is -1.59. The van der Waals surface area contributed by atoms with Gasteiger partial charge < -0.3 is 10.6 Å². The van der Waals surface area contributed by atoms with Crippen molar-refractivity contribution in [2.75, 3.05) is 17.7 Å². The molecule has 4 nitrogen and oxygen atoms in total. The van der Waals surface area contributed by atoms with Gasteiger partial charge in [0.05, 0.1) is 0 Å². The van der Waals surface area contributed by atoms with Crippen molar-refractivity contribution in [2.45, 2.75) is 6.54 Å². The number of hydrogen-bond donors (Lipinski definition) is 2. The van der Waals surface area contributed by atoms with Gasteiger partial charge in [-0.3, -0.25) is 0 Å². The molecule has 2 aromatic rings. The molecule has 19 heavy (non-hydrogen) atoms. The van der Waals surface area contributed by atoms with E-state index in [0.717, 1.165) is 0 Å². The van der Waals surface area contributed by atoms with E-state index in [1.807, 2.05) is 0 Å². The normalized spacial score (nSPS) is 10.3. The second-order valence-electron chi connectivity index (χ2n) is 3.73. The summed E-state index contributed by atoms with van der Waals surface area (Å²) >= 11 is 11.6. The Bertz CT molecular complexity index is 592. The molecule has 0 aliphatic heterocycles. The van der Waals surface area contributed by atoms with Crippen LogP contribution in [0.4, 0.5) is 15.9 Å². The monoisotopic (exact) mass is 300 g/mol. The Kier molecular flexibility index (Phi) is 4.39. The second kappa shape index (κ2) is 6.04. The number of rotatable bonds is 4. The minimum absolute atomic E-state index is 0.269. The summed E-state index contributed by atoms with van der Waals surface area (Å²) in [7, 11) is 1.71. The highest BCUT2D eigenvalue weighted by molar-refractivity contribution is 6.32. The SMILES string of the molecule is CNc1c(Cl)ncnc1NCc1ccc(Cl)cc1F. The lowest BCUT2D eigenvalue weighted by atomic mass is 10.2. The van der Waals surface area contributed by atoms with Crippen LogP contribution in [-0.2, 0) is 6.54 Å². The molecule has 0 spiro atoms. The van der Waals surface area contributed by atoms with Gasteiger partial charge in [-0.25, -0.2) is 14.4 Å². The third-order valence-corrected chi connectivity index (χ3v) is 3.03. The summed E-state index contributed by atoms with van der Waals surface area (Å²) in [4.78, 5) is 7.91. The van der Waals surface area contributed by atoms with Gasteiger partial charge >= 0.3 is 0 Å². The van der Waals surface area contributed by atoms with E-state index < -0.39 is 0 Å². The van der Waals surface area contributed by atoms with Gasteiger partial charge in [-0.05, 0) is 12.1 Å². The van der Waals surface area contributed by atoms with Crippen LogP contribution in [0.5, 0.6) is 0 Å². The van der Waals surface area contributed by atoms with E-state index in [0.29, 0.717) is 27.2 Å². The first kappa shape index (κ1) is 13.8. The number of halogens is 3. The smallest absolute Gasteiger partial charge is 0.157 e. The highest BCUT2D eigenvalue weighted by Gasteiger charge is 2.09. The van der Waals surface area contributed by atoms with Crippen LogP contribution in [0.3, 0.4) is 0 Å². The Morgan fingerprint density at radius 2 is 2.05 bits per heavy atom. The van der Waals surface area contributed by atoms with E-state index in [-0.39, 0.29) is 12.4 Å². The lowest BCUT2D eigenvalue weighted by molar-refractivity contribution is 0.613. The van der Waals surface area contributed by atoms with Gasteiger partial charge in [0.15, 0.2) is 11.0 Å². The van der Waals surface area contributed by atoms with Crippen LogP contribution in [0.1, 0.15) is 5.56 Å². The lowest BCUT2D eigenvalue weighted by Crippen LogP contribution is -2.07. The summed E-state index contributed by atoms with van der Waals surface area (Å²) < 4.78 is 13.6. The zero-order valence-electron chi connectivity index (χ0n) is 10.0. The molecule has 1 aromatic carbocycles. The van der Waals surface area contributed by atoms with E-state index in [4.69, 9.17) is 23.2 Å². The molecule has 7 heteroatoms. The maximum absolute atomic E-state index is 13.6. The number of anilines is 2. The van der Waals surface area contributed by atoms with Crippen LogP contribution in [0.25, 0.3) is 0 Å². The van der Waals surface area contributed by atoms with Crippen molar-refractivity contribution in [1.82, 2.24) is 9.97 Å². The maximum Gasteiger partial charge on any atom is 0.157 e. The molecule has 0 fully saturated rings. The van der Waals surface area contributed by atoms with Crippen LogP contribution >= 0.6 is 23.2 Å². The fourth-order valence-corrected chi connectivity index (χ4v) is 1.95. The van der Waals surface area contributed by atoms with Crippen LogP contribution in [0, 0.1) is 5.82 Å². The molecule has 0 atom stereocenters. The van der Waals surface area contributed by atoms with Crippen LogP contribution in [-0.4, -0.2) is 17.0 Å². The minimum atomic E-state index is -0.369. The fraction of sp³-hybridized carbons (Fsp3) is 0.167. The van der Waals surface area contributed by atoms with Gasteiger partial charge in [0.25, 0.3) is 0 Å². The molecule has 0 amide bonds. The van der Waals surface area contributed by atoms with Crippen molar-refractivity contribution >= 4 is 34.7 Å². The van der Waals surface area contributed by atoms with Gasteiger partial charge in [0.2, 0.25) is 0 Å². The Morgan fingerprint density at radius 3 is 2.74 bits per heavy atom. The molecule has 100 valence electrons. The molecule has 0 radical (unpaired) electrons. The molecule has 1 aromatic heterocycles. The molecule has 1 heterocycles. The van der Waals surface area contributed by atoms with Crippen molar-refractivity contribution in [3.63, 3.8) is 0 Å². The first-order valence-corrected chi connectivity index (χ1v) is 6.23. The van der Waals surface area contributed by atoms with Gasteiger partial charge in [-0.2, -0.15) is 0 Å². The average molecular weight is 301 g/mol. The predicted molar refractivity (Wildman–Crippen MR) is 75.3 cm³/mol. The number of hydrogen-bond acceptors (Lipinski definition) is 4. The van der Waals surface area contributed by atoms with Crippen LogP contribution < -0.4 is 10.6 Å². The molecule has 0 aliphatic carbocycles. The fourth-order valence-electron chi connectivity index (χ4n) is 1.56. The standard InChI is InChI=1S/C12H11Cl2FN4/c1-16-10-11(14)18-6-19-12(10)17-5-7-2-3-8(13)4-9(7)15/h2-4,6,16H,5H2,1H3,(H,17,18,19). The molecule has 0 saturated carbocycles. The second-order valence-corrected chi connectivity index (χ2v) is 4.52. The average Bonchev–Trinajstić information content (AvgIpc) is 2.38. The minimum Gasteiger partial charge on any atom is -0.383 e. The molecular weight excluding hydrogens is 290 g/mol. The molecule has 2 rings (SSSR count). The number of aromatic nitrogens is 2. The zero-order valence-corrected chi connectivity index (χ0v) is 11.6. The third kappa shape index (κ3) is 3.24. The highest BCUT2D eigenvalue weighted by atomic mass is 35.5. The lowest BCUT2D eigenvalue weighted by Gasteiger charge is -2.11. The summed E-state index contributed by atoms with van der Waals surface area (Å²) in [5, 5.41) is 6.56. The van der Waals surface area contributed by atoms with Crippen LogP contribution in [0.15, 0.2) is 24.5 Å². The number of nitrogens with one attached hydrogen (secondary N) is 2. The quantitative estimate of drug-likeness (QED) is 0.848. The molecule has 0 unspecified atom stereocenters. The van der Waals surface area contributed by atoms with Crippen molar-refractivity contribution in [2.24, 2.45) is 0 Å². The van der Waals surface area contributed by atoms with Crippen LogP contribution in [0.2, 0.25) is 10.2 Å². The predicted octanol–water partition coefficient (Wildman–Crippen LogP) is 3.58. The van der Waals surface area contributed by atoms with Crippen molar-refractivity contribution < 1.29 is 4.39 Å². The van der Waals surface area contributed by atoms with E-state index in [1.54, 1.807) is 19.2 Å². The van der Waals surface area contributed by atoms with Crippen molar-refractivity contribution in [3.8, 4) is 0 Å². The largest absolute Gasteiger partial charge is 0.383 e. The van der Waals surface area contributed by atoms with Gasteiger partial charge in [0.1, 0.15) is 17.8 Å². The topological polar surface area (TPSA) is 49.8 Å². The van der Waals surface area contributed by atoms with Crippen molar-refractivity contribution in [1.29, 1.82) is 0 Å². The number of nitrogens with zero attached hydrogens (tertiary/aromatic N) is 2. The Labute approximate surface area is 120 Å². The third-order valence-electron chi connectivity index (χ3n) is 2.51. The molecule has 0 aliphatic rings. The Morgan fingerprint density at radius 1 is 1.26 bits per heavy atom. The summed E-state index contributed by atoms with van der Waals surface area (Å²) in [6, 6.07) is 4.52. The summed E-state index contributed by atoms with van der Waals surface area (Å²) in [6.07, 6.45) is 1.34. The summed E-state index contributed by atoms with van der Waals surface area (Å²) in [6.45, 7) is 0.269.